The lowest BCUT2D eigenvalue weighted by Crippen LogP contribution is -2.27. The molecule has 0 bridgehead atoms. The van der Waals surface area contributed by atoms with Gasteiger partial charge in [0.15, 0.2) is 0 Å². The molecule has 2 heterocycles. The molecule has 3 N–H and O–H groups in total. The Hall–Kier alpha value is -3.48. The maximum Gasteiger partial charge on any atom is 0.252 e. The monoisotopic (exact) mass is 459 g/mol. The molecule has 168 valence electrons. The molecule has 2 aromatic heterocycles. The summed E-state index contributed by atoms with van der Waals surface area (Å²) in [5, 5.41) is 8.00. The first-order valence-corrected chi connectivity index (χ1v) is 11.1. The van der Waals surface area contributed by atoms with E-state index in [0.717, 1.165) is 38.9 Å². The molecular formula is C26H26ClN5O. The summed E-state index contributed by atoms with van der Waals surface area (Å²) in [6.45, 7) is 4.29. The summed E-state index contributed by atoms with van der Waals surface area (Å²) in [6.07, 6.45) is 7.18. The number of nitrogens with zero attached hydrogens (tertiary/aromatic N) is 3. The van der Waals surface area contributed by atoms with Gasteiger partial charge >= 0.3 is 0 Å². The van der Waals surface area contributed by atoms with Gasteiger partial charge in [-0.05, 0) is 72.0 Å². The zero-order valence-electron chi connectivity index (χ0n) is 18.8. The molecule has 0 radical (unpaired) electrons. The van der Waals surface area contributed by atoms with Gasteiger partial charge < -0.3 is 11.1 Å². The summed E-state index contributed by atoms with van der Waals surface area (Å²) >= 11 is 6.19. The molecule has 6 nitrogen and oxygen atoms in total. The molecule has 0 saturated heterocycles. The van der Waals surface area contributed by atoms with Gasteiger partial charge in [0.05, 0.1) is 17.3 Å². The minimum Gasteiger partial charge on any atom is -0.346 e. The largest absolute Gasteiger partial charge is 0.346 e. The molecule has 0 aliphatic heterocycles. The molecule has 33 heavy (non-hydrogen) atoms. The second kappa shape index (κ2) is 9.57. The average Bonchev–Trinajstić information content (AvgIpc) is 3.25. The van der Waals surface area contributed by atoms with Crippen LogP contribution in [0.15, 0.2) is 67.3 Å². The van der Waals surface area contributed by atoms with Crippen LogP contribution in [-0.2, 0) is 13.6 Å². The highest BCUT2D eigenvalue weighted by atomic mass is 35.5. The highest BCUT2D eigenvalue weighted by Crippen LogP contribution is 2.31. The lowest BCUT2D eigenvalue weighted by atomic mass is 9.95. The molecule has 0 fully saturated rings. The van der Waals surface area contributed by atoms with Gasteiger partial charge in [-0.2, -0.15) is 5.10 Å². The van der Waals surface area contributed by atoms with E-state index in [1.165, 1.54) is 0 Å². The van der Waals surface area contributed by atoms with Gasteiger partial charge in [-0.15, -0.1) is 0 Å². The van der Waals surface area contributed by atoms with Crippen LogP contribution in [0.5, 0.6) is 0 Å². The van der Waals surface area contributed by atoms with E-state index in [4.69, 9.17) is 17.3 Å². The highest BCUT2D eigenvalue weighted by molar-refractivity contribution is 6.30. The molecule has 4 rings (SSSR count). The predicted molar refractivity (Wildman–Crippen MR) is 132 cm³/mol. The van der Waals surface area contributed by atoms with Gasteiger partial charge in [0.25, 0.3) is 5.91 Å². The summed E-state index contributed by atoms with van der Waals surface area (Å²) in [5.41, 5.74) is 13.0. The number of hydrogen-bond acceptors (Lipinski definition) is 4. The van der Waals surface area contributed by atoms with Crippen molar-refractivity contribution in [2.75, 3.05) is 0 Å². The van der Waals surface area contributed by atoms with Gasteiger partial charge in [-0.25, -0.2) is 0 Å². The number of rotatable bonds is 6. The van der Waals surface area contributed by atoms with E-state index in [9.17, 15) is 4.79 Å². The van der Waals surface area contributed by atoms with Crippen LogP contribution in [0.4, 0.5) is 0 Å². The maximum atomic E-state index is 13.1. The second-order valence-electron chi connectivity index (χ2n) is 8.19. The molecule has 7 heteroatoms. The van der Waals surface area contributed by atoms with Gasteiger partial charge in [0, 0.05) is 48.9 Å². The third kappa shape index (κ3) is 5.13. The third-order valence-corrected chi connectivity index (χ3v) is 5.87. The smallest absolute Gasteiger partial charge is 0.252 e. The summed E-state index contributed by atoms with van der Waals surface area (Å²) in [7, 11) is 1.88. The van der Waals surface area contributed by atoms with Crippen molar-refractivity contribution in [3.8, 4) is 22.3 Å². The van der Waals surface area contributed by atoms with E-state index in [1.807, 2.05) is 57.6 Å². The van der Waals surface area contributed by atoms with Crippen LogP contribution in [-0.4, -0.2) is 20.7 Å². The fraction of sp³-hybridized carbons (Fsp3) is 0.192. The molecule has 1 amide bonds. The van der Waals surface area contributed by atoms with E-state index in [-0.39, 0.29) is 11.9 Å². The number of pyridine rings is 1. The first-order valence-electron chi connectivity index (χ1n) is 10.7. The maximum absolute atomic E-state index is 13.1. The Kier molecular flexibility index (Phi) is 6.58. The van der Waals surface area contributed by atoms with E-state index in [1.54, 1.807) is 17.1 Å². The van der Waals surface area contributed by atoms with E-state index < -0.39 is 0 Å². The summed E-state index contributed by atoms with van der Waals surface area (Å²) in [4.78, 5) is 17.3. The third-order valence-electron chi connectivity index (χ3n) is 5.66. The average molecular weight is 460 g/mol. The van der Waals surface area contributed by atoms with Crippen LogP contribution in [0.25, 0.3) is 22.3 Å². The molecule has 2 aromatic carbocycles. The molecule has 0 aliphatic carbocycles. The normalized spacial score (nSPS) is 11.9. The number of halogens is 1. The minimum absolute atomic E-state index is 0.131. The SMILES string of the molecule is Cc1ccc(CN)cc1C(=O)NC(C)c1cc(-c2cncc(Cl)c2)cc(-c2cnn(C)c2)c1. The summed E-state index contributed by atoms with van der Waals surface area (Å²) in [5.74, 6) is -0.131. The quantitative estimate of drug-likeness (QED) is 0.422. The zero-order valence-corrected chi connectivity index (χ0v) is 19.6. The van der Waals surface area contributed by atoms with Crippen molar-refractivity contribution in [3.63, 3.8) is 0 Å². The van der Waals surface area contributed by atoms with Crippen molar-refractivity contribution in [3.05, 3.63) is 94.5 Å². The lowest BCUT2D eigenvalue weighted by Gasteiger charge is -2.18. The number of nitrogens with one attached hydrogen (secondary N) is 1. The number of carbonyl (C=O) groups is 1. The van der Waals surface area contributed by atoms with Crippen molar-refractivity contribution >= 4 is 17.5 Å². The van der Waals surface area contributed by atoms with E-state index in [0.29, 0.717) is 17.1 Å². The molecule has 1 atom stereocenters. The van der Waals surface area contributed by atoms with Gasteiger partial charge in [-0.3, -0.25) is 14.5 Å². The van der Waals surface area contributed by atoms with Crippen LogP contribution >= 0.6 is 11.6 Å². The van der Waals surface area contributed by atoms with E-state index in [2.05, 4.69) is 33.6 Å². The van der Waals surface area contributed by atoms with Crippen LogP contribution in [0.2, 0.25) is 5.02 Å². The lowest BCUT2D eigenvalue weighted by molar-refractivity contribution is 0.0939. The zero-order chi connectivity index (χ0) is 23.5. The Morgan fingerprint density at radius 1 is 1.06 bits per heavy atom. The minimum atomic E-state index is -0.235. The fourth-order valence-electron chi connectivity index (χ4n) is 3.77. The van der Waals surface area contributed by atoms with Crippen molar-refractivity contribution in [1.82, 2.24) is 20.1 Å². The fourth-order valence-corrected chi connectivity index (χ4v) is 3.95. The number of carbonyl (C=O) groups excluding carboxylic acids is 1. The van der Waals surface area contributed by atoms with Crippen LogP contribution in [0, 0.1) is 6.92 Å². The second-order valence-corrected chi connectivity index (χ2v) is 8.62. The highest BCUT2D eigenvalue weighted by Gasteiger charge is 2.16. The molecule has 0 saturated carbocycles. The van der Waals surface area contributed by atoms with Crippen LogP contribution < -0.4 is 11.1 Å². The van der Waals surface area contributed by atoms with Crippen LogP contribution in [0.1, 0.15) is 40.0 Å². The Bertz CT molecular complexity index is 1310. The number of amides is 1. The van der Waals surface area contributed by atoms with Gasteiger partial charge in [-0.1, -0.05) is 23.7 Å². The molecule has 0 aliphatic rings. The molecular weight excluding hydrogens is 434 g/mol. The first kappa shape index (κ1) is 22.7. The van der Waals surface area contributed by atoms with Crippen molar-refractivity contribution in [2.45, 2.75) is 26.4 Å². The van der Waals surface area contributed by atoms with E-state index >= 15 is 0 Å². The molecule has 4 aromatic rings. The predicted octanol–water partition coefficient (Wildman–Crippen LogP) is 5.06. The number of nitrogens with two attached hydrogens (primary N) is 1. The number of benzene rings is 2. The standard InChI is InChI=1S/C26H26ClN5O/c1-16-4-5-18(11-28)6-25(16)26(33)31-17(2)19-7-20(22-10-24(27)14-29-12-22)9-21(8-19)23-13-30-32(3)15-23/h4-10,12-15,17H,11,28H2,1-3H3,(H,31,33). The number of aromatic nitrogens is 3. The van der Waals surface area contributed by atoms with Gasteiger partial charge in [0.1, 0.15) is 0 Å². The Labute approximate surface area is 198 Å². The van der Waals surface area contributed by atoms with Crippen LogP contribution in [0.3, 0.4) is 0 Å². The molecule has 0 spiro atoms. The topological polar surface area (TPSA) is 85.8 Å². The van der Waals surface area contributed by atoms with Crippen molar-refractivity contribution < 1.29 is 4.79 Å². The Morgan fingerprint density at radius 3 is 2.48 bits per heavy atom. The van der Waals surface area contributed by atoms with Gasteiger partial charge in [0.2, 0.25) is 0 Å². The Balaban J connectivity index is 1.71. The number of hydrogen-bond donors (Lipinski definition) is 2. The summed E-state index contributed by atoms with van der Waals surface area (Å²) in [6, 6.07) is 13.6. The van der Waals surface area contributed by atoms with Crippen molar-refractivity contribution in [2.24, 2.45) is 12.8 Å². The Morgan fingerprint density at radius 2 is 1.82 bits per heavy atom. The summed E-state index contributed by atoms with van der Waals surface area (Å²) < 4.78 is 1.76. The van der Waals surface area contributed by atoms with Crippen molar-refractivity contribution in [1.29, 1.82) is 0 Å². The molecule has 1 unspecified atom stereocenters. The first-order chi connectivity index (χ1) is 15.8. The number of aryl methyl sites for hydroxylation is 2.